The molecule has 5 heteroatoms. The summed E-state index contributed by atoms with van der Waals surface area (Å²) in [5, 5.41) is 19.8. The first-order valence-electron chi connectivity index (χ1n) is 4.58. The second-order valence-corrected chi connectivity index (χ2v) is 4.03. The molecule has 0 heterocycles. The highest BCUT2D eigenvalue weighted by molar-refractivity contribution is 9.10. The predicted octanol–water partition coefficient (Wildman–Crippen LogP) is 2.37. The molecular weight excluding hydrogens is 262 g/mol. The van der Waals surface area contributed by atoms with Gasteiger partial charge in [-0.2, -0.15) is 5.06 Å². The molecule has 0 aliphatic carbocycles. The molecule has 0 amide bonds. The fraction of sp³-hybridized carbons (Fsp3) is 0.400. The normalized spacial score (nSPS) is 10.7. The van der Waals surface area contributed by atoms with Crippen LogP contribution < -0.4 is 4.74 Å². The minimum Gasteiger partial charge on any atom is -0.503 e. The zero-order chi connectivity index (χ0) is 11.4. The van der Waals surface area contributed by atoms with Crippen LogP contribution in [0.2, 0.25) is 0 Å². The summed E-state index contributed by atoms with van der Waals surface area (Å²) in [5.41, 5.74) is 0.855. The van der Waals surface area contributed by atoms with E-state index in [4.69, 9.17) is 9.94 Å². The molecule has 0 aliphatic heterocycles. The highest BCUT2D eigenvalue weighted by atomic mass is 79.9. The minimum atomic E-state index is 0.0844. The van der Waals surface area contributed by atoms with Crippen molar-refractivity contribution in [2.75, 3.05) is 13.7 Å². The van der Waals surface area contributed by atoms with Crippen LogP contribution in [0.5, 0.6) is 11.5 Å². The average Bonchev–Trinajstić information content (AvgIpc) is 2.12. The monoisotopic (exact) mass is 275 g/mol. The molecule has 4 nitrogen and oxygen atoms in total. The Morgan fingerprint density at radius 3 is 2.67 bits per heavy atom. The van der Waals surface area contributed by atoms with Crippen molar-refractivity contribution in [3.8, 4) is 11.5 Å². The van der Waals surface area contributed by atoms with Gasteiger partial charge in [-0.05, 0) is 40.5 Å². The van der Waals surface area contributed by atoms with Crippen LogP contribution in [0.3, 0.4) is 0 Å². The lowest BCUT2D eigenvalue weighted by Crippen LogP contribution is -2.11. The van der Waals surface area contributed by atoms with Gasteiger partial charge in [0.25, 0.3) is 0 Å². The van der Waals surface area contributed by atoms with Crippen LogP contribution in [0, 0.1) is 0 Å². The Bertz CT molecular complexity index is 342. The zero-order valence-corrected chi connectivity index (χ0v) is 10.3. The van der Waals surface area contributed by atoms with Gasteiger partial charge in [0, 0.05) is 13.6 Å². The van der Waals surface area contributed by atoms with Gasteiger partial charge in [0.1, 0.15) is 0 Å². The second kappa shape index (κ2) is 5.34. The van der Waals surface area contributed by atoms with Crippen LogP contribution in [0.15, 0.2) is 16.6 Å². The molecule has 0 saturated heterocycles. The van der Waals surface area contributed by atoms with Gasteiger partial charge in [-0.1, -0.05) is 0 Å². The summed E-state index contributed by atoms with van der Waals surface area (Å²) in [7, 11) is 1.56. The first kappa shape index (κ1) is 12.3. The summed E-state index contributed by atoms with van der Waals surface area (Å²) in [6, 6.07) is 3.45. The fourth-order valence-corrected chi connectivity index (χ4v) is 1.74. The molecule has 0 unspecified atom stereocenters. The van der Waals surface area contributed by atoms with Crippen LogP contribution >= 0.6 is 15.9 Å². The van der Waals surface area contributed by atoms with Crippen molar-refractivity contribution in [2.24, 2.45) is 0 Å². The number of nitrogens with zero attached hydrogens (tertiary/aromatic N) is 1. The SMILES string of the molecule is CCOc1cc(CN(C)O)cc(Br)c1O. The molecule has 2 N–H and O–H groups in total. The third-order valence-corrected chi connectivity index (χ3v) is 2.40. The second-order valence-electron chi connectivity index (χ2n) is 3.17. The highest BCUT2D eigenvalue weighted by Gasteiger charge is 2.09. The summed E-state index contributed by atoms with van der Waals surface area (Å²) in [5.74, 6) is 0.505. The number of rotatable bonds is 4. The number of benzene rings is 1. The van der Waals surface area contributed by atoms with Crippen molar-refractivity contribution in [3.63, 3.8) is 0 Å². The molecule has 0 atom stereocenters. The largest absolute Gasteiger partial charge is 0.503 e. The van der Waals surface area contributed by atoms with Gasteiger partial charge in [-0.15, -0.1) is 0 Å². The summed E-state index contributed by atoms with van der Waals surface area (Å²) < 4.78 is 5.82. The van der Waals surface area contributed by atoms with E-state index in [2.05, 4.69) is 15.9 Å². The van der Waals surface area contributed by atoms with E-state index in [9.17, 15) is 5.11 Å². The average molecular weight is 276 g/mol. The van der Waals surface area contributed by atoms with Crippen LogP contribution in [0.1, 0.15) is 12.5 Å². The molecule has 0 spiro atoms. The number of phenolic OH excluding ortho intramolecular Hbond substituents is 1. The first-order valence-corrected chi connectivity index (χ1v) is 5.38. The van der Waals surface area contributed by atoms with E-state index in [-0.39, 0.29) is 5.75 Å². The van der Waals surface area contributed by atoms with E-state index in [0.29, 0.717) is 23.4 Å². The van der Waals surface area contributed by atoms with Crippen LogP contribution in [0.4, 0.5) is 0 Å². The maximum Gasteiger partial charge on any atom is 0.172 e. The van der Waals surface area contributed by atoms with Gasteiger partial charge in [0.05, 0.1) is 11.1 Å². The summed E-state index contributed by atoms with van der Waals surface area (Å²) in [6.07, 6.45) is 0. The van der Waals surface area contributed by atoms with Crippen LogP contribution in [-0.4, -0.2) is 29.0 Å². The Morgan fingerprint density at radius 1 is 1.47 bits per heavy atom. The summed E-state index contributed by atoms with van der Waals surface area (Å²) in [6.45, 7) is 2.70. The van der Waals surface area contributed by atoms with E-state index in [1.165, 1.54) is 0 Å². The maximum atomic E-state index is 9.64. The molecule has 0 fully saturated rings. The van der Waals surface area contributed by atoms with E-state index >= 15 is 0 Å². The van der Waals surface area contributed by atoms with E-state index < -0.39 is 0 Å². The molecule has 0 bridgehead atoms. The van der Waals surface area contributed by atoms with Gasteiger partial charge in [0.15, 0.2) is 11.5 Å². The van der Waals surface area contributed by atoms with Crippen molar-refractivity contribution in [1.29, 1.82) is 0 Å². The van der Waals surface area contributed by atoms with Crippen molar-refractivity contribution >= 4 is 15.9 Å². The van der Waals surface area contributed by atoms with Gasteiger partial charge in [-0.3, -0.25) is 0 Å². The Balaban J connectivity index is 3.00. The Hall–Kier alpha value is -0.780. The van der Waals surface area contributed by atoms with Crippen LogP contribution in [-0.2, 0) is 6.54 Å². The molecule has 15 heavy (non-hydrogen) atoms. The number of aromatic hydroxyl groups is 1. The summed E-state index contributed by atoms with van der Waals surface area (Å²) in [4.78, 5) is 0. The molecule has 0 aliphatic rings. The molecule has 1 aromatic rings. The highest BCUT2D eigenvalue weighted by Crippen LogP contribution is 2.35. The van der Waals surface area contributed by atoms with Crippen molar-refractivity contribution in [3.05, 3.63) is 22.2 Å². The number of halogens is 1. The van der Waals surface area contributed by atoms with Crippen molar-refractivity contribution in [1.82, 2.24) is 5.06 Å². The third-order valence-electron chi connectivity index (χ3n) is 1.80. The van der Waals surface area contributed by atoms with Gasteiger partial charge >= 0.3 is 0 Å². The van der Waals surface area contributed by atoms with Gasteiger partial charge in [0.2, 0.25) is 0 Å². The number of phenols is 1. The smallest absolute Gasteiger partial charge is 0.172 e. The Kier molecular flexibility index (Phi) is 4.38. The van der Waals surface area contributed by atoms with Crippen molar-refractivity contribution < 1.29 is 15.1 Å². The molecular formula is C10H14BrNO3. The topological polar surface area (TPSA) is 52.9 Å². The van der Waals surface area contributed by atoms with Crippen molar-refractivity contribution in [2.45, 2.75) is 13.5 Å². The lowest BCUT2D eigenvalue weighted by Gasteiger charge is -2.12. The lowest BCUT2D eigenvalue weighted by molar-refractivity contribution is -0.0732. The molecule has 0 radical (unpaired) electrons. The number of hydroxylamine groups is 2. The standard InChI is InChI=1S/C10H14BrNO3/c1-3-15-9-5-7(6-12(2)14)4-8(11)10(9)13/h4-5,13-14H,3,6H2,1-2H3. The third kappa shape index (κ3) is 3.37. The molecule has 1 aromatic carbocycles. The first-order chi connectivity index (χ1) is 7.04. The van der Waals surface area contributed by atoms with Gasteiger partial charge < -0.3 is 15.1 Å². The maximum absolute atomic E-state index is 9.64. The number of hydrogen-bond acceptors (Lipinski definition) is 4. The quantitative estimate of drug-likeness (QED) is 0.829. The minimum absolute atomic E-state index is 0.0844. The molecule has 0 aromatic heterocycles. The fourth-order valence-electron chi connectivity index (χ4n) is 1.25. The zero-order valence-electron chi connectivity index (χ0n) is 8.70. The van der Waals surface area contributed by atoms with E-state index in [0.717, 1.165) is 10.6 Å². The Morgan fingerprint density at radius 2 is 2.13 bits per heavy atom. The summed E-state index contributed by atoms with van der Waals surface area (Å²) >= 11 is 3.23. The number of ether oxygens (including phenoxy) is 1. The number of hydrogen-bond donors (Lipinski definition) is 2. The van der Waals surface area contributed by atoms with Gasteiger partial charge in [-0.25, -0.2) is 0 Å². The molecule has 84 valence electrons. The Labute approximate surface area is 97.2 Å². The lowest BCUT2D eigenvalue weighted by atomic mass is 10.2. The molecule has 1 rings (SSSR count). The van der Waals surface area contributed by atoms with E-state index in [1.54, 1.807) is 19.2 Å². The van der Waals surface area contributed by atoms with E-state index in [1.807, 2.05) is 6.92 Å². The molecule has 0 saturated carbocycles. The predicted molar refractivity (Wildman–Crippen MR) is 60.2 cm³/mol. The van der Waals surface area contributed by atoms with Crippen LogP contribution in [0.25, 0.3) is 0 Å².